The van der Waals surface area contributed by atoms with E-state index in [4.69, 9.17) is 5.73 Å². The van der Waals surface area contributed by atoms with Gasteiger partial charge in [-0.05, 0) is 55.2 Å². The molecule has 0 atom stereocenters. The lowest BCUT2D eigenvalue weighted by Gasteiger charge is -2.20. The first-order valence-corrected chi connectivity index (χ1v) is 10.8. The van der Waals surface area contributed by atoms with E-state index in [2.05, 4.69) is 17.1 Å². The van der Waals surface area contributed by atoms with Crippen LogP contribution in [-0.4, -0.2) is 23.3 Å². The second kappa shape index (κ2) is 7.38. The van der Waals surface area contributed by atoms with Crippen LogP contribution in [0.3, 0.4) is 0 Å². The summed E-state index contributed by atoms with van der Waals surface area (Å²) < 4.78 is 0. The van der Waals surface area contributed by atoms with E-state index in [9.17, 15) is 9.59 Å². The fourth-order valence-electron chi connectivity index (χ4n) is 4.81. The molecule has 0 saturated carbocycles. The number of para-hydroxylation sites is 1. The van der Waals surface area contributed by atoms with Crippen molar-refractivity contribution in [1.82, 2.24) is 4.98 Å². The maximum Gasteiger partial charge on any atom is 0.248 e. The Balaban J connectivity index is 1.69. The van der Waals surface area contributed by atoms with E-state index in [1.165, 1.54) is 0 Å². The average Bonchev–Trinajstić information content (AvgIpc) is 3.30. The second-order valence-electron chi connectivity index (χ2n) is 8.85. The summed E-state index contributed by atoms with van der Waals surface area (Å²) in [6.45, 7) is 4.45. The van der Waals surface area contributed by atoms with Crippen LogP contribution in [0.2, 0.25) is 0 Å². The smallest absolute Gasteiger partial charge is 0.248 e. The van der Waals surface area contributed by atoms with Gasteiger partial charge < -0.3 is 15.6 Å². The number of benzene rings is 3. The molecule has 1 aliphatic rings. The minimum absolute atomic E-state index is 0.0335. The largest absolute Gasteiger partial charge is 0.366 e. The molecule has 2 amide bonds. The number of H-pyrrole nitrogens is 1. The quantitative estimate of drug-likeness (QED) is 0.484. The molecule has 0 fully saturated rings. The van der Waals surface area contributed by atoms with Crippen LogP contribution >= 0.6 is 0 Å². The van der Waals surface area contributed by atoms with E-state index >= 15 is 0 Å². The number of aromatic amines is 1. The number of amides is 2. The molecule has 5 nitrogen and oxygen atoms in total. The number of hydrogen-bond donors (Lipinski definition) is 2. The van der Waals surface area contributed by atoms with Gasteiger partial charge >= 0.3 is 0 Å². The fraction of sp³-hybridized carbons (Fsp3) is 0.185. The molecule has 32 heavy (non-hydrogen) atoms. The fourth-order valence-corrected chi connectivity index (χ4v) is 4.81. The highest BCUT2D eigenvalue weighted by molar-refractivity contribution is 6.13. The Labute approximate surface area is 186 Å². The molecule has 0 saturated heterocycles. The van der Waals surface area contributed by atoms with Crippen molar-refractivity contribution in [3.63, 3.8) is 0 Å². The topological polar surface area (TPSA) is 79.2 Å². The molecule has 1 aromatic heterocycles. The summed E-state index contributed by atoms with van der Waals surface area (Å²) in [4.78, 5) is 30.9. The second-order valence-corrected chi connectivity index (χ2v) is 8.85. The Hall–Kier alpha value is -3.86. The lowest BCUT2D eigenvalue weighted by atomic mass is 9.80. The van der Waals surface area contributed by atoms with E-state index in [1.54, 1.807) is 6.07 Å². The molecule has 0 aliphatic carbocycles. The minimum Gasteiger partial charge on any atom is -0.366 e. The van der Waals surface area contributed by atoms with Gasteiger partial charge in [0.2, 0.25) is 11.8 Å². The summed E-state index contributed by atoms with van der Waals surface area (Å²) in [5.74, 6) is -0.472. The summed E-state index contributed by atoms with van der Waals surface area (Å²) in [5.41, 5.74) is 11.1. The Morgan fingerprint density at radius 1 is 1.00 bits per heavy atom. The maximum absolute atomic E-state index is 13.6. The number of nitrogens with two attached hydrogens (primary N) is 1. The number of fused-ring (bicyclic) bond motifs is 2. The number of aromatic nitrogens is 1. The summed E-state index contributed by atoms with van der Waals surface area (Å²) in [5, 5.41) is 1.04. The molecule has 3 N–H and O–H groups in total. The zero-order valence-electron chi connectivity index (χ0n) is 18.2. The van der Waals surface area contributed by atoms with Crippen LogP contribution in [-0.2, 0) is 16.6 Å². The van der Waals surface area contributed by atoms with Gasteiger partial charge in [0.15, 0.2) is 0 Å². The summed E-state index contributed by atoms with van der Waals surface area (Å²) in [7, 11) is 0. The first-order chi connectivity index (χ1) is 15.4. The molecule has 0 bridgehead atoms. The molecule has 160 valence electrons. The van der Waals surface area contributed by atoms with Crippen molar-refractivity contribution in [2.24, 2.45) is 5.73 Å². The van der Waals surface area contributed by atoms with Crippen molar-refractivity contribution in [2.45, 2.75) is 25.7 Å². The molecule has 0 unspecified atom stereocenters. The standard InChI is InChI=1S/C27H25N3O2/c1-27(2)24-20(21-16-29-22-11-7-6-10-19(21)22)14-18(25(28)31)15-23(24)30(26(27)32)13-12-17-8-4-3-5-9-17/h3-11,14-16,29H,12-13H2,1-2H3,(H2,28,31). The average molecular weight is 424 g/mol. The van der Waals surface area contributed by atoms with Gasteiger partial charge in [-0.25, -0.2) is 0 Å². The lowest BCUT2D eigenvalue weighted by molar-refractivity contribution is -0.122. The molecule has 2 heterocycles. The van der Waals surface area contributed by atoms with Gasteiger partial charge in [-0.3, -0.25) is 9.59 Å². The molecule has 4 aromatic rings. The minimum atomic E-state index is -0.726. The van der Waals surface area contributed by atoms with Crippen molar-refractivity contribution >= 4 is 28.4 Å². The van der Waals surface area contributed by atoms with Crippen LogP contribution < -0.4 is 10.6 Å². The number of primary amides is 1. The van der Waals surface area contributed by atoms with E-state index in [0.29, 0.717) is 12.1 Å². The lowest BCUT2D eigenvalue weighted by Crippen LogP contribution is -2.37. The van der Waals surface area contributed by atoms with Gasteiger partial charge in [-0.15, -0.1) is 0 Å². The number of hydrogen-bond acceptors (Lipinski definition) is 2. The highest BCUT2D eigenvalue weighted by atomic mass is 16.2. The monoisotopic (exact) mass is 423 g/mol. The number of carbonyl (C=O) groups excluding carboxylic acids is 2. The molecule has 1 aliphatic heterocycles. The van der Waals surface area contributed by atoms with E-state index in [-0.39, 0.29) is 5.91 Å². The van der Waals surface area contributed by atoms with Crippen LogP contribution in [0.25, 0.3) is 22.0 Å². The third-order valence-electron chi connectivity index (χ3n) is 6.44. The highest BCUT2D eigenvalue weighted by Crippen LogP contribution is 2.48. The van der Waals surface area contributed by atoms with Crippen LogP contribution in [0.4, 0.5) is 5.69 Å². The van der Waals surface area contributed by atoms with Gasteiger partial charge in [0.05, 0.1) is 5.41 Å². The van der Waals surface area contributed by atoms with Gasteiger partial charge in [0.25, 0.3) is 0 Å². The van der Waals surface area contributed by atoms with Gasteiger partial charge in [-0.1, -0.05) is 48.5 Å². The van der Waals surface area contributed by atoms with Crippen molar-refractivity contribution in [2.75, 3.05) is 11.4 Å². The third-order valence-corrected chi connectivity index (χ3v) is 6.44. The number of rotatable bonds is 5. The summed E-state index contributed by atoms with van der Waals surface area (Å²) >= 11 is 0. The van der Waals surface area contributed by atoms with Crippen molar-refractivity contribution in [1.29, 1.82) is 0 Å². The van der Waals surface area contributed by atoms with E-state index in [0.717, 1.165) is 45.3 Å². The molecular formula is C27H25N3O2. The highest BCUT2D eigenvalue weighted by Gasteiger charge is 2.46. The molecule has 5 rings (SSSR count). The summed E-state index contributed by atoms with van der Waals surface area (Å²) in [6.07, 6.45) is 2.67. The van der Waals surface area contributed by atoms with E-state index < -0.39 is 11.3 Å². The molecule has 0 radical (unpaired) electrons. The van der Waals surface area contributed by atoms with Crippen LogP contribution in [0.5, 0.6) is 0 Å². The third kappa shape index (κ3) is 3.09. The van der Waals surface area contributed by atoms with Crippen LogP contribution in [0.15, 0.2) is 72.9 Å². The van der Waals surface area contributed by atoms with Crippen LogP contribution in [0, 0.1) is 0 Å². The van der Waals surface area contributed by atoms with E-state index in [1.807, 2.05) is 73.5 Å². The van der Waals surface area contributed by atoms with Gasteiger partial charge in [0, 0.05) is 40.5 Å². The number of nitrogens with one attached hydrogen (secondary N) is 1. The van der Waals surface area contributed by atoms with Gasteiger partial charge in [-0.2, -0.15) is 0 Å². The van der Waals surface area contributed by atoms with Crippen molar-refractivity contribution < 1.29 is 9.59 Å². The first-order valence-electron chi connectivity index (χ1n) is 10.8. The number of nitrogens with zero attached hydrogens (tertiary/aromatic N) is 1. The maximum atomic E-state index is 13.6. The van der Waals surface area contributed by atoms with Crippen molar-refractivity contribution in [3.8, 4) is 11.1 Å². The zero-order chi connectivity index (χ0) is 22.5. The zero-order valence-corrected chi connectivity index (χ0v) is 18.2. The van der Waals surface area contributed by atoms with Crippen LogP contribution in [0.1, 0.15) is 35.3 Å². The van der Waals surface area contributed by atoms with Gasteiger partial charge in [0.1, 0.15) is 0 Å². The SMILES string of the molecule is CC1(C)C(=O)N(CCc2ccccc2)c2cc(C(N)=O)cc(-c3c[nH]c4ccccc34)c21. The van der Waals surface area contributed by atoms with Crippen molar-refractivity contribution in [3.05, 3.63) is 89.6 Å². The Kier molecular flexibility index (Phi) is 4.63. The molecular weight excluding hydrogens is 398 g/mol. The Morgan fingerprint density at radius 2 is 1.72 bits per heavy atom. The predicted octanol–water partition coefficient (Wildman–Crippen LogP) is 4.80. The first kappa shape index (κ1) is 20.1. The molecule has 3 aromatic carbocycles. The predicted molar refractivity (Wildman–Crippen MR) is 128 cm³/mol. The molecule has 5 heteroatoms. The summed E-state index contributed by atoms with van der Waals surface area (Å²) in [6, 6.07) is 21.7. The normalized spacial score (nSPS) is 14.7. The number of carbonyl (C=O) groups is 2. The Morgan fingerprint density at radius 3 is 2.47 bits per heavy atom. The molecule has 0 spiro atoms. The number of anilines is 1. The Bertz CT molecular complexity index is 1350.